The summed E-state index contributed by atoms with van der Waals surface area (Å²) in [5, 5.41) is 6.42. The lowest BCUT2D eigenvalue weighted by Crippen LogP contribution is -2.50. The number of H-pyrrole nitrogens is 1. The van der Waals surface area contributed by atoms with Crippen LogP contribution in [0.15, 0.2) is 10.9 Å². The molecule has 8 heteroatoms. The normalized spacial score (nSPS) is 21.4. The van der Waals surface area contributed by atoms with Gasteiger partial charge in [0.05, 0.1) is 12.7 Å². The quantitative estimate of drug-likeness (QED) is 0.751. The highest BCUT2D eigenvalue weighted by Gasteiger charge is 2.25. The molecule has 2 aromatic heterocycles. The van der Waals surface area contributed by atoms with E-state index in [4.69, 9.17) is 10.5 Å². The molecule has 108 valence electrons. The summed E-state index contributed by atoms with van der Waals surface area (Å²) in [6, 6.07) is 1.77. The van der Waals surface area contributed by atoms with Gasteiger partial charge in [-0.3, -0.25) is 0 Å². The second-order valence-electron chi connectivity index (χ2n) is 5.10. The molecule has 3 N–H and O–H groups in total. The first kappa shape index (κ1) is 13.1. The summed E-state index contributed by atoms with van der Waals surface area (Å²) in [4.78, 5) is 18.2. The van der Waals surface area contributed by atoms with Crippen LogP contribution < -0.4 is 16.3 Å². The Hall–Kier alpha value is -1.93. The van der Waals surface area contributed by atoms with Crippen LogP contribution in [0.5, 0.6) is 0 Å². The first-order valence-corrected chi connectivity index (χ1v) is 6.63. The van der Waals surface area contributed by atoms with Crippen LogP contribution in [0, 0.1) is 6.92 Å². The van der Waals surface area contributed by atoms with Gasteiger partial charge in [-0.1, -0.05) is 0 Å². The minimum Gasteiger partial charge on any atom is -0.373 e. The SMILES string of the molecule is Cc1nc(N2CCOC(C(C)N)C2)cc2n[nH]c(=O)n12. The molecular formula is C12H18N6O2. The van der Waals surface area contributed by atoms with E-state index < -0.39 is 0 Å². The van der Waals surface area contributed by atoms with E-state index in [1.807, 2.05) is 6.92 Å². The zero-order valence-electron chi connectivity index (χ0n) is 11.5. The summed E-state index contributed by atoms with van der Waals surface area (Å²) in [5.41, 5.74) is 6.20. The number of hydrogen-bond donors (Lipinski definition) is 2. The van der Waals surface area contributed by atoms with E-state index in [1.165, 1.54) is 4.40 Å². The van der Waals surface area contributed by atoms with E-state index >= 15 is 0 Å². The number of hydrogen-bond acceptors (Lipinski definition) is 6. The Balaban J connectivity index is 1.96. The lowest BCUT2D eigenvalue weighted by molar-refractivity contribution is 0.0273. The molecule has 2 unspecified atom stereocenters. The average molecular weight is 278 g/mol. The second kappa shape index (κ2) is 4.88. The number of aryl methyl sites for hydroxylation is 1. The van der Waals surface area contributed by atoms with Crippen molar-refractivity contribution in [2.24, 2.45) is 5.73 Å². The zero-order chi connectivity index (χ0) is 14.3. The van der Waals surface area contributed by atoms with Crippen molar-refractivity contribution in [3.63, 3.8) is 0 Å². The van der Waals surface area contributed by atoms with Gasteiger partial charge in [0, 0.05) is 25.2 Å². The van der Waals surface area contributed by atoms with Gasteiger partial charge in [0.1, 0.15) is 11.6 Å². The summed E-state index contributed by atoms with van der Waals surface area (Å²) >= 11 is 0. The maximum absolute atomic E-state index is 11.6. The number of nitrogens with two attached hydrogens (primary N) is 1. The van der Waals surface area contributed by atoms with E-state index in [-0.39, 0.29) is 17.8 Å². The molecule has 0 amide bonds. The van der Waals surface area contributed by atoms with Crippen LogP contribution in [0.2, 0.25) is 0 Å². The topological polar surface area (TPSA) is 102 Å². The van der Waals surface area contributed by atoms with Gasteiger partial charge in [0.25, 0.3) is 0 Å². The third-order valence-corrected chi connectivity index (χ3v) is 3.56. The molecule has 1 aliphatic heterocycles. The van der Waals surface area contributed by atoms with E-state index in [2.05, 4.69) is 20.1 Å². The first-order valence-electron chi connectivity index (χ1n) is 6.63. The molecule has 0 aliphatic carbocycles. The van der Waals surface area contributed by atoms with Crippen molar-refractivity contribution >= 4 is 11.5 Å². The van der Waals surface area contributed by atoms with Crippen LogP contribution in [0.25, 0.3) is 5.65 Å². The Kier molecular flexibility index (Phi) is 3.19. The zero-order valence-corrected chi connectivity index (χ0v) is 11.5. The molecule has 3 rings (SSSR count). The maximum Gasteiger partial charge on any atom is 0.349 e. The van der Waals surface area contributed by atoms with Crippen molar-refractivity contribution in [2.45, 2.75) is 26.0 Å². The average Bonchev–Trinajstić information content (AvgIpc) is 2.81. The standard InChI is InChI=1S/C12H18N6O2/c1-7(13)9-6-17(3-4-20-9)10-5-11-15-16-12(19)18(11)8(2)14-10/h5,7,9H,3-4,6,13H2,1-2H3,(H,16,19). The van der Waals surface area contributed by atoms with Gasteiger partial charge in [0.2, 0.25) is 0 Å². The molecule has 0 aromatic carbocycles. The molecule has 8 nitrogen and oxygen atoms in total. The van der Waals surface area contributed by atoms with E-state index in [0.717, 1.165) is 12.4 Å². The van der Waals surface area contributed by atoms with Crippen molar-refractivity contribution in [3.05, 3.63) is 22.4 Å². The number of morpholine rings is 1. The number of aromatic amines is 1. The number of aromatic nitrogens is 4. The molecule has 0 saturated carbocycles. The fraction of sp³-hybridized carbons (Fsp3) is 0.583. The van der Waals surface area contributed by atoms with Crippen molar-refractivity contribution in [1.82, 2.24) is 19.6 Å². The third kappa shape index (κ3) is 2.16. The smallest absolute Gasteiger partial charge is 0.349 e. The fourth-order valence-corrected chi connectivity index (χ4v) is 2.45. The molecule has 0 spiro atoms. The highest BCUT2D eigenvalue weighted by Crippen LogP contribution is 2.18. The number of ether oxygens (including phenoxy) is 1. The van der Waals surface area contributed by atoms with E-state index in [0.29, 0.717) is 24.6 Å². The molecule has 1 aliphatic rings. The van der Waals surface area contributed by atoms with Crippen molar-refractivity contribution in [1.29, 1.82) is 0 Å². The number of anilines is 1. The first-order chi connectivity index (χ1) is 9.56. The van der Waals surface area contributed by atoms with Crippen LogP contribution in [0.1, 0.15) is 12.7 Å². The maximum atomic E-state index is 11.6. The Morgan fingerprint density at radius 1 is 1.60 bits per heavy atom. The Bertz CT molecular complexity index is 676. The Morgan fingerprint density at radius 3 is 3.15 bits per heavy atom. The van der Waals surface area contributed by atoms with Crippen molar-refractivity contribution < 1.29 is 4.74 Å². The van der Waals surface area contributed by atoms with Gasteiger partial charge in [-0.2, -0.15) is 5.10 Å². The van der Waals surface area contributed by atoms with Crippen molar-refractivity contribution in [2.75, 3.05) is 24.6 Å². The fourth-order valence-electron chi connectivity index (χ4n) is 2.45. The van der Waals surface area contributed by atoms with Gasteiger partial charge in [-0.15, -0.1) is 0 Å². The minimum absolute atomic E-state index is 0.0107. The van der Waals surface area contributed by atoms with Gasteiger partial charge < -0.3 is 15.4 Å². The summed E-state index contributed by atoms with van der Waals surface area (Å²) < 4.78 is 7.09. The van der Waals surface area contributed by atoms with Crippen LogP contribution in [-0.4, -0.2) is 51.4 Å². The van der Waals surface area contributed by atoms with Crippen LogP contribution in [-0.2, 0) is 4.74 Å². The lowest BCUT2D eigenvalue weighted by Gasteiger charge is -2.35. The lowest BCUT2D eigenvalue weighted by atomic mass is 10.1. The van der Waals surface area contributed by atoms with Crippen LogP contribution >= 0.6 is 0 Å². The molecule has 1 fully saturated rings. The summed E-state index contributed by atoms with van der Waals surface area (Å²) in [5.74, 6) is 1.41. The third-order valence-electron chi connectivity index (χ3n) is 3.56. The number of fused-ring (bicyclic) bond motifs is 1. The minimum atomic E-state index is -0.271. The van der Waals surface area contributed by atoms with Gasteiger partial charge in [-0.25, -0.2) is 19.3 Å². The summed E-state index contributed by atoms with van der Waals surface area (Å²) in [6.45, 7) is 5.78. The number of rotatable bonds is 2. The predicted octanol–water partition coefficient (Wildman–Crippen LogP) is -0.722. The van der Waals surface area contributed by atoms with Gasteiger partial charge in [-0.05, 0) is 13.8 Å². The molecule has 2 aromatic rings. The Labute approximate surface area is 115 Å². The molecule has 2 atom stereocenters. The number of nitrogens with one attached hydrogen (secondary N) is 1. The highest BCUT2D eigenvalue weighted by atomic mass is 16.5. The van der Waals surface area contributed by atoms with Gasteiger partial charge >= 0.3 is 5.69 Å². The highest BCUT2D eigenvalue weighted by molar-refractivity contribution is 5.51. The van der Waals surface area contributed by atoms with E-state index in [9.17, 15) is 4.79 Å². The predicted molar refractivity (Wildman–Crippen MR) is 73.9 cm³/mol. The molecular weight excluding hydrogens is 260 g/mol. The van der Waals surface area contributed by atoms with E-state index in [1.54, 1.807) is 13.0 Å². The largest absolute Gasteiger partial charge is 0.373 e. The Morgan fingerprint density at radius 2 is 2.40 bits per heavy atom. The molecule has 3 heterocycles. The molecule has 0 bridgehead atoms. The van der Waals surface area contributed by atoms with Gasteiger partial charge in [0.15, 0.2) is 5.65 Å². The summed E-state index contributed by atoms with van der Waals surface area (Å²) in [6.07, 6.45) is -0.0107. The molecule has 1 saturated heterocycles. The second-order valence-corrected chi connectivity index (χ2v) is 5.10. The van der Waals surface area contributed by atoms with Crippen molar-refractivity contribution in [3.8, 4) is 0 Å². The monoisotopic (exact) mass is 278 g/mol. The van der Waals surface area contributed by atoms with Crippen LogP contribution in [0.3, 0.4) is 0 Å². The molecule has 20 heavy (non-hydrogen) atoms. The molecule has 0 radical (unpaired) electrons. The number of nitrogens with zero attached hydrogens (tertiary/aromatic N) is 4. The van der Waals surface area contributed by atoms with Crippen LogP contribution in [0.4, 0.5) is 5.82 Å². The summed E-state index contributed by atoms with van der Waals surface area (Å²) in [7, 11) is 0.